The second-order valence-corrected chi connectivity index (χ2v) is 5.08. The SMILES string of the molecule is COOP(=O)(O)O.c1ccc2c(c1)[nH]c1ccccc12. The third-order valence-electron chi connectivity index (χ3n) is 2.59. The van der Waals surface area contributed by atoms with Crippen molar-refractivity contribution in [3.05, 3.63) is 48.5 Å². The van der Waals surface area contributed by atoms with E-state index in [4.69, 9.17) is 9.79 Å². The molecule has 0 spiro atoms. The molecular weight excluding hydrogens is 281 g/mol. The monoisotopic (exact) mass is 295 g/mol. The zero-order chi connectivity index (χ0) is 14.6. The van der Waals surface area contributed by atoms with Crippen molar-refractivity contribution in [1.29, 1.82) is 0 Å². The minimum absolute atomic E-state index is 1.01. The van der Waals surface area contributed by atoms with Gasteiger partial charge in [0.05, 0.1) is 7.11 Å². The fourth-order valence-corrected chi connectivity index (χ4v) is 2.09. The lowest BCUT2D eigenvalue weighted by atomic mass is 10.2. The van der Waals surface area contributed by atoms with E-state index in [2.05, 4.69) is 63.1 Å². The third-order valence-corrected chi connectivity index (χ3v) is 2.93. The minimum atomic E-state index is -4.39. The number of hydrogen-bond donors (Lipinski definition) is 3. The van der Waals surface area contributed by atoms with E-state index >= 15 is 0 Å². The molecule has 0 atom stereocenters. The molecule has 0 amide bonds. The number of rotatable bonds is 2. The third kappa shape index (κ3) is 3.66. The lowest BCUT2D eigenvalue weighted by molar-refractivity contribution is -0.195. The highest BCUT2D eigenvalue weighted by molar-refractivity contribution is 7.46. The summed E-state index contributed by atoms with van der Waals surface area (Å²) in [5.41, 5.74) is 2.42. The van der Waals surface area contributed by atoms with Gasteiger partial charge in [0.15, 0.2) is 0 Å². The molecule has 7 heteroatoms. The van der Waals surface area contributed by atoms with Gasteiger partial charge >= 0.3 is 7.82 Å². The Labute approximate surface area is 115 Å². The maximum atomic E-state index is 9.58. The van der Waals surface area contributed by atoms with Crippen molar-refractivity contribution in [1.82, 2.24) is 4.98 Å². The highest BCUT2D eigenvalue weighted by Crippen LogP contribution is 2.35. The van der Waals surface area contributed by atoms with Gasteiger partial charge in [-0.15, -0.1) is 4.67 Å². The van der Waals surface area contributed by atoms with E-state index in [9.17, 15) is 4.57 Å². The molecule has 3 aromatic rings. The first-order chi connectivity index (χ1) is 9.51. The summed E-state index contributed by atoms with van der Waals surface area (Å²) in [5.74, 6) is 0. The first-order valence-electron chi connectivity index (χ1n) is 5.74. The van der Waals surface area contributed by atoms with Crippen molar-refractivity contribution in [2.75, 3.05) is 7.11 Å². The number of aromatic nitrogens is 1. The van der Waals surface area contributed by atoms with Crippen LogP contribution in [-0.2, 0) is 14.1 Å². The maximum absolute atomic E-state index is 9.58. The predicted octanol–water partition coefficient (Wildman–Crippen LogP) is 2.98. The van der Waals surface area contributed by atoms with Gasteiger partial charge in [0.2, 0.25) is 0 Å². The van der Waals surface area contributed by atoms with Gasteiger partial charge in [-0.2, -0.15) is 0 Å². The Morgan fingerprint density at radius 1 is 0.950 bits per heavy atom. The molecule has 1 heterocycles. The van der Waals surface area contributed by atoms with Gasteiger partial charge in [0.1, 0.15) is 0 Å². The number of benzene rings is 2. The van der Waals surface area contributed by atoms with E-state index in [1.165, 1.54) is 21.8 Å². The first-order valence-corrected chi connectivity index (χ1v) is 7.28. The quantitative estimate of drug-likeness (QED) is 0.384. The number of nitrogens with one attached hydrogen (secondary N) is 1. The van der Waals surface area contributed by atoms with Crippen LogP contribution in [0.3, 0.4) is 0 Å². The number of fused-ring (bicyclic) bond motifs is 3. The van der Waals surface area contributed by atoms with Crippen molar-refractivity contribution in [3.8, 4) is 0 Å². The molecule has 0 unspecified atom stereocenters. The Kier molecular flexibility index (Phi) is 4.54. The Bertz CT molecular complexity index is 698. The van der Waals surface area contributed by atoms with E-state index < -0.39 is 7.82 Å². The average molecular weight is 295 g/mol. The van der Waals surface area contributed by atoms with Crippen molar-refractivity contribution < 1.29 is 23.9 Å². The largest absolute Gasteiger partial charge is 0.496 e. The van der Waals surface area contributed by atoms with Crippen LogP contribution < -0.4 is 0 Å². The summed E-state index contributed by atoms with van der Waals surface area (Å²) in [6, 6.07) is 16.8. The van der Waals surface area contributed by atoms with E-state index in [0.717, 1.165) is 7.11 Å². The fraction of sp³-hybridized carbons (Fsp3) is 0.0769. The molecule has 0 aliphatic rings. The number of para-hydroxylation sites is 2. The molecule has 0 aliphatic carbocycles. The number of phosphoric acid groups is 1. The molecule has 1 aromatic heterocycles. The maximum Gasteiger partial charge on any atom is 0.496 e. The number of hydrogen-bond acceptors (Lipinski definition) is 3. The Hall–Kier alpha value is -1.69. The predicted molar refractivity (Wildman–Crippen MR) is 75.9 cm³/mol. The molecule has 0 fully saturated rings. The van der Waals surface area contributed by atoms with Crippen molar-refractivity contribution in [2.24, 2.45) is 0 Å². The summed E-state index contributed by atoms with van der Waals surface area (Å²) >= 11 is 0. The van der Waals surface area contributed by atoms with Gasteiger partial charge in [0.25, 0.3) is 0 Å². The normalized spacial score (nSPS) is 11.3. The summed E-state index contributed by atoms with van der Waals surface area (Å²) in [5, 5.41) is 2.61. The highest BCUT2D eigenvalue weighted by atomic mass is 31.2. The molecule has 2 aromatic carbocycles. The molecule has 0 aliphatic heterocycles. The fourth-order valence-electron chi connectivity index (χ4n) is 1.90. The highest BCUT2D eigenvalue weighted by Gasteiger charge is 2.12. The van der Waals surface area contributed by atoms with Crippen LogP contribution >= 0.6 is 7.82 Å². The second-order valence-electron chi connectivity index (χ2n) is 3.95. The molecule has 3 N–H and O–H groups in total. The summed E-state index contributed by atoms with van der Waals surface area (Å²) in [4.78, 5) is 22.6. The second kappa shape index (κ2) is 6.17. The molecule has 20 heavy (non-hydrogen) atoms. The molecule has 3 rings (SSSR count). The van der Waals surface area contributed by atoms with E-state index in [1.54, 1.807) is 0 Å². The van der Waals surface area contributed by atoms with Crippen LogP contribution in [0.5, 0.6) is 0 Å². The van der Waals surface area contributed by atoms with Crippen LogP contribution in [0.2, 0.25) is 0 Å². The molecule has 0 radical (unpaired) electrons. The number of aromatic amines is 1. The van der Waals surface area contributed by atoms with Crippen molar-refractivity contribution >= 4 is 29.6 Å². The smallest absolute Gasteiger partial charge is 0.355 e. The topological polar surface area (TPSA) is 91.8 Å². The van der Waals surface area contributed by atoms with Gasteiger partial charge in [-0.1, -0.05) is 36.4 Å². The summed E-state index contributed by atoms with van der Waals surface area (Å²) < 4.78 is 13.0. The zero-order valence-corrected chi connectivity index (χ0v) is 11.6. The van der Waals surface area contributed by atoms with Gasteiger partial charge < -0.3 is 14.8 Å². The molecular formula is C13H14NO5P. The summed E-state index contributed by atoms with van der Waals surface area (Å²) in [6.07, 6.45) is 0. The Morgan fingerprint density at radius 3 is 1.75 bits per heavy atom. The minimum Gasteiger partial charge on any atom is -0.355 e. The lowest BCUT2D eigenvalue weighted by Crippen LogP contribution is -1.83. The Balaban J connectivity index is 0.000000182. The van der Waals surface area contributed by atoms with Crippen LogP contribution in [0, 0.1) is 0 Å². The summed E-state index contributed by atoms with van der Waals surface area (Å²) in [7, 11) is -3.37. The van der Waals surface area contributed by atoms with Crippen LogP contribution in [0.4, 0.5) is 0 Å². The standard InChI is InChI=1S/C12H9N.CH5O5P/c1-3-7-11-9(5-1)10-6-2-4-8-12(10)13-11;1-5-6-7(2,3)4/h1-8,13H;1H3,(H2,2,3,4). The van der Waals surface area contributed by atoms with Crippen molar-refractivity contribution in [2.45, 2.75) is 0 Å². The van der Waals surface area contributed by atoms with Crippen LogP contribution in [0.1, 0.15) is 0 Å². The van der Waals surface area contributed by atoms with Crippen LogP contribution in [0.15, 0.2) is 48.5 Å². The average Bonchev–Trinajstić information content (AvgIpc) is 2.76. The van der Waals surface area contributed by atoms with E-state index in [0.29, 0.717) is 0 Å². The molecule has 6 nitrogen and oxygen atoms in total. The summed E-state index contributed by atoms with van der Waals surface area (Å²) in [6.45, 7) is 0. The molecule has 0 bridgehead atoms. The van der Waals surface area contributed by atoms with E-state index in [1.807, 2.05) is 0 Å². The molecule has 0 saturated heterocycles. The molecule has 106 valence electrons. The number of H-pyrrole nitrogens is 1. The zero-order valence-electron chi connectivity index (χ0n) is 10.7. The van der Waals surface area contributed by atoms with Gasteiger partial charge in [-0.3, -0.25) is 0 Å². The Morgan fingerprint density at radius 2 is 1.40 bits per heavy atom. The first kappa shape index (κ1) is 14.7. The van der Waals surface area contributed by atoms with Crippen LogP contribution in [0.25, 0.3) is 21.8 Å². The van der Waals surface area contributed by atoms with E-state index in [-0.39, 0.29) is 0 Å². The lowest BCUT2D eigenvalue weighted by Gasteiger charge is -1.96. The van der Waals surface area contributed by atoms with Gasteiger partial charge in [-0.05, 0) is 12.1 Å². The molecule has 0 saturated carbocycles. The van der Waals surface area contributed by atoms with Crippen molar-refractivity contribution in [3.63, 3.8) is 0 Å². The van der Waals surface area contributed by atoms with Gasteiger partial charge in [0, 0.05) is 21.8 Å². The van der Waals surface area contributed by atoms with Gasteiger partial charge in [-0.25, -0.2) is 9.45 Å². The van der Waals surface area contributed by atoms with Crippen LogP contribution in [-0.4, -0.2) is 21.9 Å².